The summed E-state index contributed by atoms with van der Waals surface area (Å²) in [6, 6.07) is 0. The Morgan fingerprint density at radius 3 is 2.06 bits per heavy atom. The predicted octanol–water partition coefficient (Wildman–Crippen LogP) is 1.94. The summed E-state index contributed by atoms with van der Waals surface area (Å²) in [5.74, 6) is 0.00620. The van der Waals surface area contributed by atoms with E-state index in [-0.39, 0.29) is 18.4 Å². The summed E-state index contributed by atoms with van der Waals surface area (Å²) >= 11 is 0. The van der Waals surface area contributed by atoms with Gasteiger partial charge in [0, 0.05) is 19.5 Å². The molecule has 0 aliphatic rings. The quantitative estimate of drug-likeness (QED) is 0.671. The Morgan fingerprint density at radius 2 is 1.59 bits per heavy atom. The van der Waals surface area contributed by atoms with E-state index in [0.29, 0.717) is 6.42 Å². The van der Waals surface area contributed by atoms with Crippen LogP contribution in [0.15, 0.2) is 0 Å². The number of hydrogen-bond acceptors (Lipinski definition) is 2. The van der Waals surface area contributed by atoms with E-state index in [2.05, 4.69) is 19.2 Å². The highest BCUT2D eigenvalue weighted by Gasteiger charge is 2.12. The molecule has 0 aliphatic carbocycles. The summed E-state index contributed by atoms with van der Waals surface area (Å²) in [6.07, 6.45) is 4.31. The van der Waals surface area contributed by atoms with Crippen LogP contribution in [0.3, 0.4) is 0 Å². The number of amides is 2. The largest absolute Gasteiger partial charge is 0.347 e. The van der Waals surface area contributed by atoms with Crippen LogP contribution < -0.4 is 5.32 Å². The second kappa shape index (κ2) is 10.1. The molecule has 4 heteroatoms. The van der Waals surface area contributed by atoms with Crippen LogP contribution in [0, 0.1) is 0 Å². The highest BCUT2D eigenvalue weighted by Crippen LogP contribution is 1.96. The molecular formula is C13H26N2O2. The normalized spacial score (nSPS) is 10.1. The van der Waals surface area contributed by atoms with E-state index in [1.54, 1.807) is 0 Å². The Balaban J connectivity index is 3.91. The van der Waals surface area contributed by atoms with Crippen molar-refractivity contribution in [1.29, 1.82) is 0 Å². The lowest BCUT2D eigenvalue weighted by Gasteiger charge is -2.21. The van der Waals surface area contributed by atoms with E-state index in [4.69, 9.17) is 0 Å². The van der Waals surface area contributed by atoms with Gasteiger partial charge in [0.05, 0.1) is 6.54 Å². The zero-order valence-corrected chi connectivity index (χ0v) is 11.4. The molecule has 0 rings (SSSR count). The lowest BCUT2D eigenvalue weighted by Crippen LogP contribution is -2.40. The van der Waals surface area contributed by atoms with Crippen molar-refractivity contribution >= 4 is 11.8 Å². The van der Waals surface area contributed by atoms with Crippen molar-refractivity contribution in [2.24, 2.45) is 0 Å². The summed E-state index contributed by atoms with van der Waals surface area (Å²) < 4.78 is 0. The third-order valence-electron chi connectivity index (χ3n) is 2.53. The predicted molar refractivity (Wildman–Crippen MR) is 69.7 cm³/mol. The number of rotatable bonds is 9. The van der Waals surface area contributed by atoms with E-state index >= 15 is 0 Å². The van der Waals surface area contributed by atoms with Crippen LogP contribution in [-0.4, -0.2) is 36.3 Å². The number of carbonyl (C=O) groups is 2. The molecule has 0 saturated heterocycles. The first-order valence-corrected chi connectivity index (χ1v) is 6.70. The van der Waals surface area contributed by atoms with Gasteiger partial charge in [0.2, 0.25) is 11.8 Å². The average Bonchev–Trinajstić information content (AvgIpc) is 2.33. The van der Waals surface area contributed by atoms with Crippen molar-refractivity contribution in [3.63, 3.8) is 0 Å². The first kappa shape index (κ1) is 15.9. The van der Waals surface area contributed by atoms with E-state index in [0.717, 1.165) is 38.8 Å². The van der Waals surface area contributed by atoms with Crippen molar-refractivity contribution < 1.29 is 9.59 Å². The Bertz CT molecular complexity index is 223. The van der Waals surface area contributed by atoms with Gasteiger partial charge in [-0.25, -0.2) is 0 Å². The topological polar surface area (TPSA) is 49.4 Å². The molecule has 17 heavy (non-hydrogen) atoms. The van der Waals surface area contributed by atoms with Crippen LogP contribution in [0.25, 0.3) is 0 Å². The smallest absolute Gasteiger partial charge is 0.241 e. The van der Waals surface area contributed by atoms with Crippen LogP contribution >= 0.6 is 0 Å². The number of nitrogens with zero attached hydrogens (tertiary/aromatic N) is 1. The molecule has 0 spiro atoms. The molecule has 0 radical (unpaired) electrons. The lowest BCUT2D eigenvalue weighted by molar-refractivity contribution is -0.133. The second-order valence-electron chi connectivity index (χ2n) is 4.26. The highest BCUT2D eigenvalue weighted by molar-refractivity contribution is 5.84. The monoisotopic (exact) mass is 242 g/mol. The van der Waals surface area contributed by atoms with E-state index in [1.165, 1.54) is 0 Å². The summed E-state index contributed by atoms with van der Waals surface area (Å²) in [6.45, 7) is 7.84. The number of hydrogen-bond donors (Lipinski definition) is 1. The standard InChI is InChI=1S/C13H26N2O2/c1-4-7-8-12(16)14-11-13(17)15(9-5-2)10-6-3/h4-11H2,1-3H3,(H,14,16). The van der Waals surface area contributed by atoms with Gasteiger partial charge in [-0.1, -0.05) is 27.2 Å². The molecule has 100 valence electrons. The third-order valence-corrected chi connectivity index (χ3v) is 2.53. The zero-order chi connectivity index (χ0) is 13.1. The molecule has 0 saturated carbocycles. The van der Waals surface area contributed by atoms with Gasteiger partial charge in [0.1, 0.15) is 0 Å². The SMILES string of the molecule is CCCCC(=O)NCC(=O)N(CCC)CCC. The fraction of sp³-hybridized carbons (Fsp3) is 0.846. The minimum absolute atomic E-state index is 0.0202. The Morgan fingerprint density at radius 1 is 1.00 bits per heavy atom. The van der Waals surface area contributed by atoms with Crippen LogP contribution in [-0.2, 0) is 9.59 Å². The summed E-state index contributed by atoms with van der Waals surface area (Å²) in [5, 5.41) is 2.68. The average molecular weight is 242 g/mol. The fourth-order valence-corrected chi connectivity index (χ4v) is 1.61. The zero-order valence-electron chi connectivity index (χ0n) is 11.4. The molecule has 0 bridgehead atoms. The molecule has 1 N–H and O–H groups in total. The molecule has 0 heterocycles. The maximum Gasteiger partial charge on any atom is 0.241 e. The molecule has 0 aromatic heterocycles. The van der Waals surface area contributed by atoms with Crippen molar-refractivity contribution in [2.45, 2.75) is 52.9 Å². The fourth-order valence-electron chi connectivity index (χ4n) is 1.61. The molecule has 0 aromatic carbocycles. The van der Waals surface area contributed by atoms with Crippen LogP contribution in [0.4, 0.5) is 0 Å². The summed E-state index contributed by atoms with van der Waals surface area (Å²) in [5.41, 5.74) is 0. The molecule has 0 fully saturated rings. The van der Waals surface area contributed by atoms with Gasteiger partial charge in [0.15, 0.2) is 0 Å². The molecule has 0 aliphatic heterocycles. The number of nitrogens with one attached hydrogen (secondary N) is 1. The summed E-state index contributed by atoms with van der Waals surface area (Å²) in [7, 11) is 0. The van der Waals surface area contributed by atoms with Crippen LogP contribution in [0.1, 0.15) is 52.9 Å². The molecule has 0 unspecified atom stereocenters. The maximum absolute atomic E-state index is 11.8. The first-order chi connectivity index (χ1) is 8.15. The van der Waals surface area contributed by atoms with Gasteiger partial charge in [-0.05, 0) is 19.3 Å². The van der Waals surface area contributed by atoms with E-state index < -0.39 is 0 Å². The van der Waals surface area contributed by atoms with Crippen LogP contribution in [0.5, 0.6) is 0 Å². The van der Waals surface area contributed by atoms with Crippen LogP contribution in [0.2, 0.25) is 0 Å². The van der Waals surface area contributed by atoms with E-state index in [1.807, 2.05) is 11.8 Å². The van der Waals surface area contributed by atoms with Gasteiger partial charge in [-0.3, -0.25) is 9.59 Å². The molecule has 4 nitrogen and oxygen atoms in total. The van der Waals surface area contributed by atoms with Crippen molar-refractivity contribution in [3.05, 3.63) is 0 Å². The molecule has 0 aromatic rings. The van der Waals surface area contributed by atoms with Gasteiger partial charge in [0.25, 0.3) is 0 Å². The number of unbranched alkanes of at least 4 members (excludes halogenated alkanes) is 1. The van der Waals surface area contributed by atoms with E-state index in [9.17, 15) is 9.59 Å². The lowest BCUT2D eigenvalue weighted by atomic mass is 10.2. The maximum atomic E-state index is 11.8. The first-order valence-electron chi connectivity index (χ1n) is 6.70. The van der Waals surface area contributed by atoms with Crippen molar-refractivity contribution in [2.75, 3.05) is 19.6 Å². The van der Waals surface area contributed by atoms with Crippen molar-refractivity contribution in [1.82, 2.24) is 10.2 Å². The molecule has 0 atom stereocenters. The minimum atomic E-state index is -0.0202. The summed E-state index contributed by atoms with van der Waals surface area (Å²) in [4.78, 5) is 25.0. The Hall–Kier alpha value is -1.06. The Labute approximate surface area is 105 Å². The number of carbonyl (C=O) groups excluding carboxylic acids is 2. The molecule has 2 amide bonds. The second-order valence-corrected chi connectivity index (χ2v) is 4.26. The van der Waals surface area contributed by atoms with Crippen molar-refractivity contribution in [3.8, 4) is 0 Å². The van der Waals surface area contributed by atoms with Gasteiger partial charge >= 0.3 is 0 Å². The Kier molecular flexibility index (Phi) is 9.49. The third kappa shape index (κ3) is 7.77. The van der Waals surface area contributed by atoms with Gasteiger partial charge in [-0.15, -0.1) is 0 Å². The van der Waals surface area contributed by atoms with Gasteiger partial charge < -0.3 is 10.2 Å². The van der Waals surface area contributed by atoms with Gasteiger partial charge in [-0.2, -0.15) is 0 Å². The molecular weight excluding hydrogens is 216 g/mol. The highest BCUT2D eigenvalue weighted by atomic mass is 16.2. The minimum Gasteiger partial charge on any atom is -0.347 e.